The van der Waals surface area contributed by atoms with Crippen LogP contribution in [0, 0.1) is 0 Å². The highest BCUT2D eigenvalue weighted by molar-refractivity contribution is 5.91. The summed E-state index contributed by atoms with van der Waals surface area (Å²) in [4.78, 5) is 8.49. The minimum absolute atomic E-state index is 0.231. The molecule has 1 fully saturated rings. The van der Waals surface area contributed by atoms with Gasteiger partial charge in [-0.3, -0.25) is 9.97 Å². The molecular weight excluding hydrogens is 274 g/mol. The zero-order valence-electron chi connectivity index (χ0n) is 12.2. The van der Waals surface area contributed by atoms with E-state index in [2.05, 4.69) is 39.6 Å². The van der Waals surface area contributed by atoms with Crippen molar-refractivity contribution in [2.75, 3.05) is 13.1 Å². The van der Waals surface area contributed by atoms with Crippen molar-refractivity contribution in [3.8, 4) is 16.9 Å². The number of nitrogens with zero attached hydrogens (tertiary/aromatic N) is 2. The van der Waals surface area contributed by atoms with E-state index in [0.29, 0.717) is 0 Å². The van der Waals surface area contributed by atoms with Gasteiger partial charge in [0.2, 0.25) is 0 Å². The number of hydrogen-bond donors (Lipinski definition) is 1. The summed E-state index contributed by atoms with van der Waals surface area (Å²) in [5.74, 6) is 0.858. The second-order valence-electron chi connectivity index (χ2n) is 5.55. The Hall–Kier alpha value is -2.46. The van der Waals surface area contributed by atoms with Crippen molar-refractivity contribution < 1.29 is 4.74 Å². The molecule has 0 saturated carbocycles. The molecule has 2 aromatic heterocycles. The van der Waals surface area contributed by atoms with Crippen LogP contribution in [-0.4, -0.2) is 29.2 Å². The number of fused-ring (bicyclic) bond motifs is 1. The van der Waals surface area contributed by atoms with E-state index in [1.807, 2.05) is 24.7 Å². The Morgan fingerprint density at radius 3 is 2.86 bits per heavy atom. The van der Waals surface area contributed by atoms with Gasteiger partial charge in [0, 0.05) is 41.5 Å². The van der Waals surface area contributed by atoms with Crippen molar-refractivity contribution in [2.24, 2.45) is 0 Å². The molecule has 3 heterocycles. The summed E-state index contributed by atoms with van der Waals surface area (Å²) in [5.41, 5.74) is 2.25. The molecule has 1 N–H and O–H groups in total. The van der Waals surface area contributed by atoms with Gasteiger partial charge in [-0.15, -0.1) is 0 Å². The van der Waals surface area contributed by atoms with Crippen LogP contribution >= 0.6 is 0 Å². The normalized spacial score (nSPS) is 17.7. The van der Waals surface area contributed by atoms with Crippen LogP contribution in [-0.2, 0) is 0 Å². The van der Waals surface area contributed by atoms with Crippen molar-refractivity contribution >= 4 is 10.8 Å². The number of pyridine rings is 2. The molecule has 4 rings (SSSR count). The summed E-state index contributed by atoms with van der Waals surface area (Å²) < 4.78 is 6.14. The summed E-state index contributed by atoms with van der Waals surface area (Å²) >= 11 is 0. The first-order valence-electron chi connectivity index (χ1n) is 7.56. The lowest BCUT2D eigenvalue weighted by atomic mass is 10.0. The van der Waals surface area contributed by atoms with Crippen LogP contribution in [0.2, 0.25) is 0 Å². The van der Waals surface area contributed by atoms with Crippen LogP contribution in [0.1, 0.15) is 6.42 Å². The van der Waals surface area contributed by atoms with Crippen molar-refractivity contribution in [2.45, 2.75) is 12.5 Å². The van der Waals surface area contributed by atoms with Gasteiger partial charge in [0.25, 0.3) is 0 Å². The van der Waals surface area contributed by atoms with E-state index in [1.54, 1.807) is 6.20 Å². The second-order valence-corrected chi connectivity index (χ2v) is 5.55. The van der Waals surface area contributed by atoms with Crippen LogP contribution < -0.4 is 10.1 Å². The first-order valence-corrected chi connectivity index (χ1v) is 7.56. The molecule has 1 saturated heterocycles. The van der Waals surface area contributed by atoms with E-state index in [0.717, 1.165) is 47.2 Å². The molecular formula is C18H17N3O. The van der Waals surface area contributed by atoms with Crippen molar-refractivity contribution in [3.63, 3.8) is 0 Å². The monoisotopic (exact) mass is 291 g/mol. The predicted molar refractivity (Wildman–Crippen MR) is 86.9 cm³/mol. The van der Waals surface area contributed by atoms with Gasteiger partial charge < -0.3 is 10.1 Å². The maximum atomic E-state index is 6.14. The van der Waals surface area contributed by atoms with Crippen LogP contribution in [0.5, 0.6) is 5.75 Å². The molecule has 22 heavy (non-hydrogen) atoms. The predicted octanol–water partition coefficient (Wildman–Crippen LogP) is 3.04. The standard InChI is InChI=1S/C18H17N3O/c1-2-14(9-19-6-1)13-3-4-15-10-21-12-18(17(15)8-13)22-16-5-7-20-11-16/h1-4,6,8-10,12,16,20H,5,7,11H2. The number of rotatable bonds is 3. The largest absolute Gasteiger partial charge is 0.487 e. The van der Waals surface area contributed by atoms with E-state index in [9.17, 15) is 0 Å². The molecule has 4 nitrogen and oxygen atoms in total. The van der Waals surface area contributed by atoms with Gasteiger partial charge in [-0.2, -0.15) is 0 Å². The maximum Gasteiger partial charge on any atom is 0.145 e. The Labute approximate surface area is 129 Å². The Balaban J connectivity index is 1.76. The molecule has 110 valence electrons. The number of benzene rings is 1. The fraction of sp³-hybridized carbons (Fsp3) is 0.222. The zero-order chi connectivity index (χ0) is 14.8. The number of nitrogens with one attached hydrogen (secondary N) is 1. The Bertz CT molecular complexity index is 783. The van der Waals surface area contributed by atoms with Gasteiger partial charge in [-0.25, -0.2) is 0 Å². The lowest BCUT2D eigenvalue weighted by Crippen LogP contribution is -2.19. The van der Waals surface area contributed by atoms with Crippen LogP contribution in [0.25, 0.3) is 21.9 Å². The van der Waals surface area contributed by atoms with E-state index < -0.39 is 0 Å². The number of aromatic nitrogens is 2. The van der Waals surface area contributed by atoms with E-state index in [-0.39, 0.29) is 6.10 Å². The first kappa shape index (κ1) is 13.2. The highest BCUT2D eigenvalue weighted by Gasteiger charge is 2.17. The van der Waals surface area contributed by atoms with Gasteiger partial charge >= 0.3 is 0 Å². The van der Waals surface area contributed by atoms with Gasteiger partial charge in [0.1, 0.15) is 11.9 Å². The van der Waals surface area contributed by atoms with Crippen LogP contribution in [0.3, 0.4) is 0 Å². The highest BCUT2D eigenvalue weighted by Crippen LogP contribution is 2.30. The minimum Gasteiger partial charge on any atom is -0.487 e. The molecule has 1 atom stereocenters. The lowest BCUT2D eigenvalue weighted by Gasteiger charge is -2.14. The molecule has 1 aliphatic rings. The van der Waals surface area contributed by atoms with Crippen molar-refractivity contribution in [1.29, 1.82) is 0 Å². The molecule has 0 aliphatic carbocycles. The van der Waals surface area contributed by atoms with Gasteiger partial charge in [-0.05, 0) is 30.7 Å². The molecule has 0 radical (unpaired) electrons. The van der Waals surface area contributed by atoms with Gasteiger partial charge in [-0.1, -0.05) is 18.2 Å². The first-order chi connectivity index (χ1) is 10.9. The summed E-state index contributed by atoms with van der Waals surface area (Å²) in [7, 11) is 0. The maximum absolute atomic E-state index is 6.14. The minimum atomic E-state index is 0.231. The van der Waals surface area contributed by atoms with Crippen molar-refractivity contribution in [1.82, 2.24) is 15.3 Å². The third-order valence-corrected chi connectivity index (χ3v) is 4.03. The second kappa shape index (κ2) is 5.73. The third kappa shape index (κ3) is 2.53. The summed E-state index contributed by atoms with van der Waals surface area (Å²) in [5, 5.41) is 5.52. The number of ether oxygens (including phenoxy) is 1. The quantitative estimate of drug-likeness (QED) is 0.805. The molecule has 0 bridgehead atoms. The zero-order valence-corrected chi connectivity index (χ0v) is 12.2. The Morgan fingerprint density at radius 2 is 2.05 bits per heavy atom. The number of hydrogen-bond acceptors (Lipinski definition) is 4. The molecule has 1 aromatic carbocycles. The highest BCUT2D eigenvalue weighted by atomic mass is 16.5. The Kier molecular flexibility index (Phi) is 3.45. The summed E-state index contributed by atoms with van der Waals surface area (Å²) in [6.07, 6.45) is 8.63. The van der Waals surface area contributed by atoms with Crippen LogP contribution in [0.4, 0.5) is 0 Å². The fourth-order valence-electron chi connectivity index (χ4n) is 2.85. The SMILES string of the molecule is c1cncc(-c2ccc3cncc(OC4CCNC4)c3c2)c1. The Morgan fingerprint density at radius 1 is 1.05 bits per heavy atom. The molecule has 1 unspecified atom stereocenters. The van der Waals surface area contributed by atoms with Gasteiger partial charge in [0.05, 0.1) is 6.20 Å². The average molecular weight is 291 g/mol. The fourth-order valence-corrected chi connectivity index (χ4v) is 2.85. The lowest BCUT2D eigenvalue weighted by molar-refractivity contribution is 0.225. The van der Waals surface area contributed by atoms with E-state index in [1.165, 1.54) is 0 Å². The molecule has 0 amide bonds. The third-order valence-electron chi connectivity index (χ3n) is 4.03. The molecule has 0 spiro atoms. The molecule has 4 heteroatoms. The van der Waals surface area contributed by atoms with E-state index in [4.69, 9.17) is 4.74 Å². The van der Waals surface area contributed by atoms with Gasteiger partial charge in [0.15, 0.2) is 0 Å². The summed E-state index contributed by atoms with van der Waals surface area (Å²) in [6.45, 7) is 1.92. The van der Waals surface area contributed by atoms with Crippen LogP contribution in [0.15, 0.2) is 55.1 Å². The molecule has 1 aliphatic heterocycles. The topological polar surface area (TPSA) is 47.0 Å². The summed E-state index contributed by atoms with van der Waals surface area (Å²) in [6, 6.07) is 10.4. The smallest absolute Gasteiger partial charge is 0.145 e. The van der Waals surface area contributed by atoms with E-state index >= 15 is 0 Å². The van der Waals surface area contributed by atoms with Crippen molar-refractivity contribution in [3.05, 3.63) is 55.1 Å². The average Bonchev–Trinajstić information content (AvgIpc) is 3.09. The molecule has 3 aromatic rings.